The van der Waals surface area contributed by atoms with E-state index in [1.807, 2.05) is 0 Å². The van der Waals surface area contributed by atoms with Crippen LogP contribution in [0.5, 0.6) is 5.88 Å². The van der Waals surface area contributed by atoms with Gasteiger partial charge in [-0.05, 0) is 41.5 Å². The van der Waals surface area contributed by atoms with Crippen molar-refractivity contribution < 1.29 is 23.4 Å². The van der Waals surface area contributed by atoms with Gasteiger partial charge in [-0.2, -0.15) is 23.3 Å². The maximum atomic E-state index is 13.7. The van der Waals surface area contributed by atoms with E-state index in [0.717, 1.165) is 28.3 Å². The number of hydrogen-bond donors (Lipinski definition) is 3. The number of thiazole rings is 1. The second kappa shape index (κ2) is 8.05. The third kappa shape index (κ3) is 4.17. The van der Waals surface area contributed by atoms with Gasteiger partial charge >= 0.3 is 6.18 Å². The Morgan fingerprint density at radius 3 is 2.73 bits per heavy atom. The lowest BCUT2D eigenvalue weighted by Crippen LogP contribution is -2.50. The molecule has 1 aliphatic rings. The smallest absolute Gasteiger partial charge is 0.417 e. The van der Waals surface area contributed by atoms with Gasteiger partial charge in [-0.25, -0.2) is 0 Å². The Morgan fingerprint density at radius 2 is 2.00 bits per heavy atom. The molecular weight excluding hydrogens is 477 g/mol. The van der Waals surface area contributed by atoms with Crippen LogP contribution in [0.1, 0.15) is 21.6 Å². The van der Waals surface area contributed by atoms with Gasteiger partial charge in [0.1, 0.15) is 4.88 Å². The van der Waals surface area contributed by atoms with Gasteiger partial charge in [0.15, 0.2) is 5.13 Å². The van der Waals surface area contributed by atoms with E-state index in [1.165, 1.54) is 18.2 Å². The van der Waals surface area contributed by atoms with E-state index in [-0.39, 0.29) is 16.5 Å². The molecule has 0 spiro atoms. The number of anilines is 1. The first-order valence-corrected chi connectivity index (χ1v) is 11.0. The molecule has 1 aliphatic heterocycles. The predicted molar refractivity (Wildman–Crippen MR) is 122 cm³/mol. The average molecular weight is 493 g/mol. The summed E-state index contributed by atoms with van der Waals surface area (Å²) in [5, 5.41) is 28.3. The van der Waals surface area contributed by atoms with Gasteiger partial charge in [0.2, 0.25) is 5.88 Å². The van der Waals surface area contributed by atoms with Gasteiger partial charge < -0.3 is 15.1 Å². The van der Waals surface area contributed by atoms with Crippen LogP contribution in [0.25, 0.3) is 22.6 Å². The molecule has 1 fully saturated rings. The molecule has 3 heterocycles. The largest absolute Gasteiger partial charge is 0.492 e. The standard InChI is InChI=1S/C22H16ClF3N4O2S/c23-14-3-1-12(17(7-14)22(24,25)26)6-16(11-2-4-18-13(5-11)8-27-29-18)19-20(32)28-21(33-19)30-9-15(31)10-30/h1-8,15,31-32H,9-10H2,(H,27,29). The monoisotopic (exact) mass is 492 g/mol. The Labute approximate surface area is 194 Å². The zero-order chi connectivity index (χ0) is 23.3. The van der Waals surface area contributed by atoms with Crippen LogP contribution in [0.3, 0.4) is 0 Å². The Morgan fingerprint density at radius 1 is 1.21 bits per heavy atom. The van der Waals surface area contributed by atoms with Crippen molar-refractivity contribution >= 4 is 50.6 Å². The molecule has 0 amide bonds. The lowest BCUT2D eigenvalue weighted by Gasteiger charge is -2.35. The number of aromatic nitrogens is 3. The second-order valence-electron chi connectivity index (χ2n) is 7.67. The van der Waals surface area contributed by atoms with Gasteiger partial charge in [0, 0.05) is 29.1 Å². The van der Waals surface area contributed by atoms with Gasteiger partial charge in [0.25, 0.3) is 0 Å². The summed E-state index contributed by atoms with van der Waals surface area (Å²) in [4.78, 5) is 6.29. The Hall–Kier alpha value is -3.08. The second-order valence-corrected chi connectivity index (χ2v) is 9.08. The van der Waals surface area contributed by atoms with E-state index in [4.69, 9.17) is 11.6 Å². The lowest BCUT2D eigenvalue weighted by atomic mass is 9.98. The van der Waals surface area contributed by atoms with Crippen LogP contribution in [0, 0.1) is 0 Å². The van der Waals surface area contributed by atoms with Crippen LogP contribution in [-0.4, -0.2) is 44.6 Å². The number of benzene rings is 2. The number of nitrogens with zero attached hydrogens (tertiary/aromatic N) is 3. The number of aromatic hydroxyl groups is 1. The number of alkyl halides is 3. The summed E-state index contributed by atoms with van der Waals surface area (Å²) in [5.41, 5.74) is 0.744. The van der Waals surface area contributed by atoms with E-state index in [0.29, 0.717) is 34.2 Å². The zero-order valence-corrected chi connectivity index (χ0v) is 18.3. The molecule has 6 nitrogen and oxygen atoms in total. The third-order valence-electron chi connectivity index (χ3n) is 5.35. The summed E-state index contributed by atoms with van der Waals surface area (Å²) >= 11 is 6.99. The predicted octanol–water partition coefficient (Wildman–Crippen LogP) is 5.17. The van der Waals surface area contributed by atoms with Crippen molar-refractivity contribution in [3.8, 4) is 5.88 Å². The Kier molecular flexibility index (Phi) is 5.31. The zero-order valence-electron chi connectivity index (χ0n) is 16.8. The summed E-state index contributed by atoms with van der Waals surface area (Å²) in [6, 6.07) is 8.85. The maximum Gasteiger partial charge on any atom is 0.417 e. The summed E-state index contributed by atoms with van der Waals surface area (Å²) in [6.07, 6.45) is -2.10. The van der Waals surface area contributed by atoms with Gasteiger partial charge in [-0.1, -0.05) is 35.1 Å². The molecule has 170 valence electrons. The maximum absolute atomic E-state index is 13.7. The molecule has 2 aromatic heterocycles. The minimum Gasteiger partial charge on any atom is -0.492 e. The van der Waals surface area contributed by atoms with Gasteiger partial charge in [-0.3, -0.25) is 5.10 Å². The number of β-amino-alcohol motifs (C(OH)–C–C–N with tert-alkyl or cyclic N) is 1. The van der Waals surface area contributed by atoms with Crippen molar-refractivity contribution in [1.82, 2.24) is 15.2 Å². The minimum absolute atomic E-state index is 0.0277. The van der Waals surface area contributed by atoms with Gasteiger partial charge in [-0.15, -0.1) is 0 Å². The highest BCUT2D eigenvalue weighted by molar-refractivity contribution is 7.17. The van der Waals surface area contributed by atoms with E-state index < -0.39 is 17.8 Å². The molecule has 11 heteroatoms. The van der Waals surface area contributed by atoms with Crippen LogP contribution in [0.2, 0.25) is 5.02 Å². The number of aliphatic hydroxyl groups excluding tert-OH is 1. The highest BCUT2D eigenvalue weighted by atomic mass is 35.5. The normalized spacial score (nSPS) is 15.3. The molecule has 33 heavy (non-hydrogen) atoms. The molecular formula is C22H16ClF3N4O2S. The molecule has 1 saturated heterocycles. The number of rotatable bonds is 4. The molecule has 3 N–H and O–H groups in total. The van der Waals surface area contributed by atoms with E-state index >= 15 is 0 Å². The van der Waals surface area contributed by atoms with Crippen molar-refractivity contribution in [2.75, 3.05) is 18.0 Å². The molecule has 0 bridgehead atoms. The van der Waals surface area contributed by atoms with Crippen molar-refractivity contribution in [2.24, 2.45) is 0 Å². The van der Waals surface area contributed by atoms with E-state index in [9.17, 15) is 23.4 Å². The lowest BCUT2D eigenvalue weighted by molar-refractivity contribution is -0.137. The van der Waals surface area contributed by atoms with Crippen molar-refractivity contribution in [2.45, 2.75) is 12.3 Å². The van der Waals surface area contributed by atoms with E-state index in [1.54, 1.807) is 29.3 Å². The molecule has 0 aliphatic carbocycles. The van der Waals surface area contributed by atoms with Crippen molar-refractivity contribution in [1.29, 1.82) is 0 Å². The number of aliphatic hydroxyl groups is 1. The molecule has 0 radical (unpaired) electrons. The van der Waals surface area contributed by atoms with Crippen molar-refractivity contribution in [3.63, 3.8) is 0 Å². The Balaban J connectivity index is 1.69. The highest BCUT2D eigenvalue weighted by Crippen LogP contribution is 2.43. The molecule has 4 aromatic rings. The minimum atomic E-state index is -4.62. The fourth-order valence-electron chi connectivity index (χ4n) is 3.67. The molecule has 5 rings (SSSR count). The van der Waals surface area contributed by atoms with Crippen LogP contribution >= 0.6 is 22.9 Å². The molecule has 0 saturated carbocycles. The van der Waals surface area contributed by atoms with Crippen LogP contribution in [-0.2, 0) is 6.18 Å². The number of nitrogens with one attached hydrogen (secondary N) is 1. The molecule has 2 aromatic carbocycles. The topological polar surface area (TPSA) is 85.3 Å². The van der Waals surface area contributed by atoms with Crippen LogP contribution < -0.4 is 4.90 Å². The molecule has 0 atom stereocenters. The van der Waals surface area contributed by atoms with Crippen LogP contribution in [0.15, 0.2) is 42.6 Å². The first kappa shape index (κ1) is 21.7. The fourth-order valence-corrected chi connectivity index (χ4v) is 4.86. The number of fused-ring (bicyclic) bond motifs is 1. The summed E-state index contributed by atoms with van der Waals surface area (Å²) in [7, 11) is 0. The Bertz CT molecular complexity index is 1380. The first-order chi connectivity index (χ1) is 15.7. The highest BCUT2D eigenvalue weighted by Gasteiger charge is 2.34. The summed E-state index contributed by atoms with van der Waals surface area (Å²) in [6.45, 7) is 0.754. The first-order valence-electron chi connectivity index (χ1n) is 9.84. The van der Waals surface area contributed by atoms with Crippen molar-refractivity contribution in [3.05, 3.63) is 69.2 Å². The number of H-pyrrole nitrogens is 1. The van der Waals surface area contributed by atoms with Crippen LogP contribution in [0.4, 0.5) is 18.3 Å². The third-order valence-corrected chi connectivity index (χ3v) is 6.72. The summed E-state index contributed by atoms with van der Waals surface area (Å²) < 4.78 is 41.2. The van der Waals surface area contributed by atoms with E-state index in [2.05, 4.69) is 15.2 Å². The molecule has 0 unspecified atom stereocenters. The fraction of sp³-hybridized carbons (Fsp3) is 0.182. The summed E-state index contributed by atoms with van der Waals surface area (Å²) in [5.74, 6) is -0.294. The average Bonchev–Trinajstić information content (AvgIpc) is 3.35. The SMILES string of the molecule is Oc1nc(N2CC(O)C2)sc1C(=Cc1ccc(Cl)cc1C(F)(F)F)c1ccc2[nH]ncc2c1. The van der Waals surface area contributed by atoms with Gasteiger partial charge in [0.05, 0.1) is 23.4 Å². The number of aromatic amines is 1. The number of hydrogen-bond acceptors (Lipinski definition) is 6. The quantitative estimate of drug-likeness (QED) is 0.342. The number of halogens is 4.